The van der Waals surface area contributed by atoms with Crippen LogP contribution in [0.15, 0.2) is 30.3 Å². The Hall–Kier alpha value is -0.900. The molecule has 0 radical (unpaired) electrons. The molecule has 2 fully saturated rings. The quantitative estimate of drug-likeness (QED) is 0.843. The first-order valence-electron chi connectivity index (χ1n) is 9.98. The highest BCUT2D eigenvalue weighted by atomic mass is 16.5. The Labute approximate surface area is 153 Å². The van der Waals surface area contributed by atoms with E-state index in [0.717, 1.165) is 25.3 Å². The van der Waals surface area contributed by atoms with Crippen molar-refractivity contribution in [3.05, 3.63) is 35.9 Å². The van der Waals surface area contributed by atoms with Gasteiger partial charge in [0.2, 0.25) is 0 Å². The summed E-state index contributed by atoms with van der Waals surface area (Å²) in [6.07, 6.45) is 5.21. The topological polar surface area (TPSA) is 41.5 Å². The van der Waals surface area contributed by atoms with Crippen molar-refractivity contribution >= 4 is 0 Å². The summed E-state index contributed by atoms with van der Waals surface area (Å²) in [5, 5.41) is 14.9. The number of hydrogen-bond donors (Lipinski definition) is 2. The highest BCUT2D eigenvalue weighted by molar-refractivity contribution is 5.20. The van der Waals surface area contributed by atoms with Crippen LogP contribution in [0.3, 0.4) is 0 Å². The number of benzene rings is 1. The molecule has 0 bridgehead atoms. The molecule has 1 saturated carbocycles. The van der Waals surface area contributed by atoms with E-state index in [1.165, 1.54) is 24.8 Å². The molecule has 1 heterocycles. The first-order chi connectivity index (χ1) is 11.9. The van der Waals surface area contributed by atoms with Crippen LogP contribution in [0.5, 0.6) is 0 Å². The first kappa shape index (κ1) is 18.9. The van der Waals surface area contributed by atoms with Crippen molar-refractivity contribution in [2.45, 2.75) is 70.4 Å². The van der Waals surface area contributed by atoms with Crippen molar-refractivity contribution < 1.29 is 9.84 Å². The van der Waals surface area contributed by atoms with E-state index in [-0.39, 0.29) is 5.41 Å². The van der Waals surface area contributed by atoms with Gasteiger partial charge in [-0.25, -0.2) is 0 Å². The summed E-state index contributed by atoms with van der Waals surface area (Å²) in [5.41, 5.74) is 0.722. The number of nitrogens with one attached hydrogen (secondary N) is 1. The zero-order valence-electron chi connectivity index (χ0n) is 16.1. The minimum atomic E-state index is -0.614. The number of aliphatic hydroxyl groups is 1. The molecule has 0 aromatic heterocycles. The van der Waals surface area contributed by atoms with Gasteiger partial charge in [-0.2, -0.15) is 0 Å². The average molecular weight is 346 g/mol. The summed E-state index contributed by atoms with van der Waals surface area (Å²) < 4.78 is 5.45. The van der Waals surface area contributed by atoms with Gasteiger partial charge >= 0.3 is 0 Å². The van der Waals surface area contributed by atoms with Gasteiger partial charge < -0.3 is 15.2 Å². The number of hydrogen-bond acceptors (Lipinski definition) is 3. The second-order valence-corrected chi connectivity index (χ2v) is 9.03. The van der Waals surface area contributed by atoms with Gasteiger partial charge in [0, 0.05) is 44.1 Å². The summed E-state index contributed by atoms with van der Waals surface area (Å²) in [4.78, 5) is 0. The molecule has 1 aromatic rings. The van der Waals surface area contributed by atoms with Gasteiger partial charge in [0.15, 0.2) is 0 Å². The standard InChI is InChI=1S/C22H35NO2/c1-17-13-19(18-7-5-4-6-8-18)15-20(14-17)23-16-21(2,3)22(24)9-11-25-12-10-22/h4-8,17,19-20,23-24H,9-16H2,1-3H3. The highest BCUT2D eigenvalue weighted by Crippen LogP contribution is 2.40. The van der Waals surface area contributed by atoms with E-state index >= 15 is 0 Å². The minimum absolute atomic E-state index is 0.139. The van der Waals surface area contributed by atoms with Crippen LogP contribution in [0.4, 0.5) is 0 Å². The van der Waals surface area contributed by atoms with Crippen LogP contribution in [-0.2, 0) is 4.74 Å². The molecule has 3 rings (SSSR count). The predicted octanol–water partition coefficient (Wildman–Crippen LogP) is 4.12. The monoisotopic (exact) mass is 345 g/mol. The second kappa shape index (κ2) is 7.77. The molecule has 0 spiro atoms. The molecule has 3 atom stereocenters. The van der Waals surface area contributed by atoms with Crippen molar-refractivity contribution in [2.75, 3.05) is 19.8 Å². The van der Waals surface area contributed by atoms with E-state index in [1.54, 1.807) is 0 Å². The molecule has 25 heavy (non-hydrogen) atoms. The normalized spacial score (nSPS) is 30.2. The van der Waals surface area contributed by atoms with Crippen molar-refractivity contribution in [3.8, 4) is 0 Å². The van der Waals surface area contributed by atoms with E-state index < -0.39 is 5.60 Å². The maximum absolute atomic E-state index is 11.1. The zero-order valence-corrected chi connectivity index (χ0v) is 16.1. The molecule has 140 valence electrons. The maximum Gasteiger partial charge on any atom is 0.0754 e. The molecule has 3 unspecified atom stereocenters. The first-order valence-corrected chi connectivity index (χ1v) is 9.98. The fourth-order valence-corrected chi connectivity index (χ4v) is 4.72. The molecule has 1 saturated heterocycles. The van der Waals surface area contributed by atoms with Gasteiger partial charge in [-0.1, -0.05) is 51.1 Å². The third-order valence-electron chi connectivity index (χ3n) is 6.63. The van der Waals surface area contributed by atoms with E-state index in [2.05, 4.69) is 56.4 Å². The van der Waals surface area contributed by atoms with Crippen molar-refractivity contribution in [2.24, 2.45) is 11.3 Å². The largest absolute Gasteiger partial charge is 0.389 e. The lowest BCUT2D eigenvalue weighted by molar-refractivity contribution is -0.132. The molecular formula is C22H35NO2. The Morgan fingerprint density at radius 1 is 1.12 bits per heavy atom. The van der Waals surface area contributed by atoms with Gasteiger partial charge in [-0.05, 0) is 36.7 Å². The van der Waals surface area contributed by atoms with E-state index in [0.29, 0.717) is 25.2 Å². The lowest BCUT2D eigenvalue weighted by Gasteiger charge is -2.46. The number of ether oxygens (including phenoxy) is 1. The summed E-state index contributed by atoms with van der Waals surface area (Å²) in [6, 6.07) is 11.5. The smallest absolute Gasteiger partial charge is 0.0754 e. The van der Waals surface area contributed by atoms with Crippen molar-refractivity contribution in [3.63, 3.8) is 0 Å². The van der Waals surface area contributed by atoms with E-state index in [4.69, 9.17) is 4.74 Å². The molecule has 1 aliphatic carbocycles. The summed E-state index contributed by atoms with van der Waals surface area (Å²) in [6.45, 7) is 8.99. The Balaban J connectivity index is 1.60. The third-order valence-corrected chi connectivity index (χ3v) is 6.63. The maximum atomic E-state index is 11.1. The molecule has 3 nitrogen and oxygen atoms in total. The lowest BCUT2D eigenvalue weighted by Crippen LogP contribution is -2.54. The van der Waals surface area contributed by atoms with Crippen molar-refractivity contribution in [1.29, 1.82) is 0 Å². The van der Waals surface area contributed by atoms with E-state index in [9.17, 15) is 5.11 Å². The molecule has 2 N–H and O–H groups in total. The second-order valence-electron chi connectivity index (χ2n) is 9.03. The molecule has 3 heteroatoms. The van der Waals surface area contributed by atoms with Gasteiger partial charge in [0.05, 0.1) is 5.60 Å². The van der Waals surface area contributed by atoms with Crippen LogP contribution in [0.1, 0.15) is 64.4 Å². The molecular weight excluding hydrogens is 310 g/mol. The fraction of sp³-hybridized carbons (Fsp3) is 0.727. The van der Waals surface area contributed by atoms with Gasteiger partial charge in [0.1, 0.15) is 0 Å². The number of rotatable bonds is 5. The molecule has 0 amide bonds. The summed E-state index contributed by atoms with van der Waals surface area (Å²) in [7, 11) is 0. The van der Waals surface area contributed by atoms with E-state index in [1.807, 2.05) is 0 Å². The summed E-state index contributed by atoms with van der Waals surface area (Å²) >= 11 is 0. The van der Waals surface area contributed by atoms with Crippen LogP contribution in [0.2, 0.25) is 0 Å². The van der Waals surface area contributed by atoms with Crippen LogP contribution >= 0.6 is 0 Å². The van der Waals surface area contributed by atoms with Gasteiger partial charge in [-0.3, -0.25) is 0 Å². The third kappa shape index (κ3) is 4.45. The molecule has 1 aromatic carbocycles. The summed E-state index contributed by atoms with van der Waals surface area (Å²) in [5.74, 6) is 1.39. The predicted molar refractivity (Wildman–Crippen MR) is 103 cm³/mol. The SMILES string of the molecule is CC1CC(NCC(C)(C)C2(O)CCOCC2)CC(c2ccccc2)C1. The Kier molecular flexibility index (Phi) is 5.87. The van der Waals surface area contributed by atoms with Crippen molar-refractivity contribution in [1.82, 2.24) is 5.32 Å². The fourth-order valence-electron chi connectivity index (χ4n) is 4.72. The van der Waals surface area contributed by atoms with Crippen LogP contribution in [-0.4, -0.2) is 36.5 Å². The Morgan fingerprint density at radius 2 is 1.80 bits per heavy atom. The average Bonchev–Trinajstić information content (AvgIpc) is 2.61. The minimum Gasteiger partial charge on any atom is -0.389 e. The highest BCUT2D eigenvalue weighted by Gasteiger charge is 2.44. The van der Waals surface area contributed by atoms with Crippen LogP contribution < -0.4 is 5.32 Å². The van der Waals surface area contributed by atoms with Crippen LogP contribution in [0.25, 0.3) is 0 Å². The Bertz CT molecular complexity index is 536. The Morgan fingerprint density at radius 3 is 2.48 bits per heavy atom. The lowest BCUT2D eigenvalue weighted by atomic mass is 9.70. The molecule has 1 aliphatic heterocycles. The van der Waals surface area contributed by atoms with Gasteiger partial charge in [-0.15, -0.1) is 0 Å². The zero-order chi connectivity index (χ0) is 17.9. The van der Waals surface area contributed by atoms with Gasteiger partial charge in [0.25, 0.3) is 0 Å². The molecule has 2 aliphatic rings. The van der Waals surface area contributed by atoms with Crippen LogP contribution in [0, 0.1) is 11.3 Å².